The first-order valence-electron chi connectivity index (χ1n) is 6.20. The number of amides is 1. The van der Waals surface area contributed by atoms with Gasteiger partial charge in [-0.3, -0.25) is 9.59 Å². The van der Waals surface area contributed by atoms with Crippen molar-refractivity contribution in [2.45, 2.75) is 19.3 Å². The predicted octanol–water partition coefficient (Wildman–Crippen LogP) is 1.39. The summed E-state index contributed by atoms with van der Waals surface area (Å²) in [5, 5.41) is 2.97. The van der Waals surface area contributed by atoms with Gasteiger partial charge >= 0.3 is 0 Å². The molecule has 0 saturated heterocycles. The topological polar surface area (TPSA) is 49.4 Å². The van der Waals surface area contributed by atoms with Crippen LogP contribution in [0.25, 0.3) is 0 Å². The summed E-state index contributed by atoms with van der Waals surface area (Å²) in [6.45, 7) is 0.689. The highest BCUT2D eigenvalue weighted by molar-refractivity contribution is 5.99. The Kier molecular flexibility index (Phi) is 3.77. The number of nitrogens with zero attached hydrogens (tertiary/aromatic N) is 1. The molecule has 0 unspecified atom stereocenters. The molecule has 96 valence electrons. The van der Waals surface area contributed by atoms with Gasteiger partial charge in [0.25, 0.3) is 0 Å². The van der Waals surface area contributed by atoms with Gasteiger partial charge in [0.1, 0.15) is 0 Å². The molecule has 0 radical (unpaired) electrons. The predicted molar refractivity (Wildman–Crippen MR) is 71.0 cm³/mol. The van der Waals surface area contributed by atoms with E-state index in [2.05, 4.69) is 5.32 Å². The standard InChI is InChI=1S/C14H18N2O2/c1-15-8-7-13(17)11-3-5-12-10(9-11)4-6-14(18)16(12)2/h3,5,9,15H,4,6-8H2,1-2H3. The third kappa shape index (κ3) is 2.43. The van der Waals surface area contributed by atoms with Gasteiger partial charge in [-0.25, -0.2) is 0 Å². The first-order chi connectivity index (χ1) is 8.63. The second-order valence-corrected chi connectivity index (χ2v) is 4.57. The van der Waals surface area contributed by atoms with Gasteiger partial charge in [0, 0.05) is 37.7 Å². The van der Waals surface area contributed by atoms with E-state index in [0.717, 1.165) is 23.2 Å². The SMILES string of the molecule is CNCCC(=O)c1ccc2c(c1)CCC(=O)N2C. The van der Waals surface area contributed by atoms with Crippen molar-refractivity contribution in [1.82, 2.24) is 5.32 Å². The van der Waals surface area contributed by atoms with Crippen LogP contribution in [0, 0.1) is 0 Å². The minimum Gasteiger partial charge on any atom is -0.319 e. The van der Waals surface area contributed by atoms with E-state index in [9.17, 15) is 9.59 Å². The Morgan fingerprint density at radius 2 is 2.17 bits per heavy atom. The summed E-state index contributed by atoms with van der Waals surface area (Å²) < 4.78 is 0. The van der Waals surface area contributed by atoms with Gasteiger partial charge in [0.05, 0.1) is 0 Å². The number of Topliss-reactive ketones (excluding diaryl/α,β-unsaturated/α-hetero) is 1. The normalized spacial score (nSPS) is 14.6. The number of anilines is 1. The molecule has 18 heavy (non-hydrogen) atoms. The van der Waals surface area contributed by atoms with E-state index in [1.807, 2.05) is 25.2 Å². The number of nitrogens with one attached hydrogen (secondary N) is 1. The first kappa shape index (κ1) is 12.8. The molecule has 0 aliphatic carbocycles. The molecule has 1 amide bonds. The van der Waals surface area contributed by atoms with Crippen LogP contribution in [0.15, 0.2) is 18.2 Å². The fourth-order valence-electron chi connectivity index (χ4n) is 2.21. The zero-order valence-corrected chi connectivity index (χ0v) is 10.8. The molecule has 0 aromatic heterocycles. The van der Waals surface area contributed by atoms with E-state index in [0.29, 0.717) is 19.4 Å². The number of fused-ring (bicyclic) bond motifs is 1. The largest absolute Gasteiger partial charge is 0.319 e. The number of carbonyl (C=O) groups excluding carboxylic acids is 2. The summed E-state index contributed by atoms with van der Waals surface area (Å²) in [7, 11) is 3.61. The van der Waals surface area contributed by atoms with Crippen LogP contribution in [-0.2, 0) is 11.2 Å². The van der Waals surface area contributed by atoms with E-state index >= 15 is 0 Å². The van der Waals surface area contributed by atoms with E-state index in [1.165, 1.54) is 0 Å². The summed E-state index contributed by atoms with van der Waals surface area (Å²) >= 11 is 0. The van der Waals surface area contributed by atoms with Gasteiger partial charge in [-0.05, 0) is 37.2 Å². The molecular weight excluding hydrogens is 228 g/mol. The van der Waals surface area contributed by atoms with Gasteiger partial charge in [-0.15, -0.1) is 0 Å². The highest BCUT2D eigenvalue weighted by atomic mass is 16.2. The number of hydrogen-bond donors (Lipinski definition) is 1. The molecule has 2 rings (SSSR count). The molecule has 1 heterocycles. The van der Waals surface area contributed by atoms with Crippen LogP contribution in [0.4, 0.5) is 5.69 Å². The fraction of sp³-hybridized carbons (Fsp3) is 0.429. The van der Waals surface area contributed by atoms with Gasteiger partial charge in [-0.1, -0.05) is 0 Å². The zero-order chi connectivity index (χ0) is 13.1. The van der Waals surface area contributed by atoms with Gasteiger partial charge in [0.15, 0.2) is 5.78 Å². The van der Waals surface area contributed by atoms with Crippen LogP contribution in [0.5, 0.6) is 0 Å². The molecule has 1 aliphatic heterocycles. The summed E-state index contributed by atoms with van der Waals surface area (Å²) in [5.74, 6) is 0.281. The van der Waals surface area contributed by atoms with E-state index in [4.69, 9.17) is 0 Å². The average molecular weight is 246 g/mol. The molecule has 1 aromatic carbocycles. The van der Waals surface area contributed by atoms with Gasteiger partial charge in [0.2, 0.25) is 5.91 Å². The van der Waals surface area contributed by atoms with Gasteiger partial charge in [-0.2, -0.15) is 0 Å². The number of aryl methyl sites for hydroxylation is 1. The number of ketones is 1. The van der Waals surface area contributed by atoms with E-state index < -0.39 is 0 Å². The Bertz CT molecular complexity index is 483. The van der Waals surface area contributed by atoms with Crippen LogP contribution in [0.3, 0.4) is 0 Å². The molecule has 0 spiro atoms. The summed E-state index contributed by atoms with van der Waals surface area (Å²) in [6.07, 6.45) is 1.76. The van der Waals surface area contributed by atoms with E-state index in [1.54, 1.807) is 11.9 Å². The van der Waals surface area contributed by atoms with Crippen LogP contribution < -0.4 is 10.2 Å². The maximum atomic E-state index is 11.9. The lowest BCUT2D eigenvalue weighted by atomic mass is 9.97. The van der Waals surface area contributed by atoms with Crippen LogP contribution >= 0.6 is 0 Å². The molecule has 1 N–H and O–H groups in total. The fourth-order valence-corrected chi connectivity index (χ4v) is 2.21. The van der Waals surface area contributed by atoms with Crippen LogP contribution in [0.1, 0.15) is 28.8 Å². The smallest absolute Gasteiger partial charge is 0.227 e. The molecule has 0 fully saturated rings. The summed E-state index contributed by atoms with van der Waals surface area (Å²) in [4.78, 5) is 25.1. The first-order valence-corrected chi connectivity index (χ1v) is 6.20. The molecule has 4 heteroatoms. The van der Waals surface area contributed by atoms with Crippen LogP contribution in [-0.4, -0.2) is 32.3 Å². The molecule has 0 saturated carbocycles. The lowest BCUT2D eigenvalue weighted by molar-refractivity contribution is -0.118. The van der Waals surface area contributed by atoms with Crippen molar-refractivity contribution >= 4 is 17.4 Å². The molecule has 0 atom stereocenters. The third-order valence-electron chi connectivity index (χ3n) is 3.35. The van der Waals surface area contributed by atoms with E-state index in [-0.39, 0.29) is 11.7 Å². The van der Waals surface area contributed by atoms with Crippen molar-refractivity contribution in [3.8, 4) is 0 Å². The molecule has 1 aromatic rings. The number of carbonyl (C=O) groups is 2. The second kappa shape index (κ2) is 5.31. The maximum Gasteiger partial charge on any atom is 0.227 e. The zero-order valence-electron chi connectivity index (χ0n) is 10.8. The maximum absolute atomic E-state index is 11.9. The highest BCUT2D eigenvalue weighted by Crippen LogP contribution is 2.27. The van der Waals surface area contributed by atoms with Crippen molar-refractivity contribution in [1.29, 1.82) is 0 Å². The van der Waals surface area contributed by atoms with Crippen LogP contribution in [0.2, 0.25) is 0 Å². The Morgan fingerprint density at radius 1 is 1.39 bits per heavy atom. The molecule has 0 bridgehead atoms. The van der Waals surface area contributed by atoms with Crippen molar-refractivity contribution in [3.63, 3.8) is 0 Å². The minimum absolute atomic E-state index is 0.136. The molecule has 4 nitrogen and oxygen atoms in total. The lowest BCUT2D eigenvalue weighted by Crippen LogP contribution is -2.31. The average Bonchev–Trinajstić information content (AvgIpc) is 2.40. The summed E-state index contributed by atoms with van der Waals surface area (Å²) in [5.41, 5.74) is 2.76. The Balaban J connectivity index is 2.22. The third-order valence-corrected chi connectivity index (χ3v) is 3.35. The lowest BCUT2D eigenvalue weighted by Gasteiger charge is -2.26. The number of rotatable bonds is 4. The van der Waals surface area contributed by atoms with Crippen molar-refractivity contribution < 1.29 is 9.59 Å². The highest BCUT2D eigenvalue weighted by Gasteiger charge is 2.21. The van der Waals surface area contributed by atoms with Gasteiger partial charge < -0.3 is 10.2 Å². The monoisotopic (exact) mass is 246 g/mol. The Hall–Kier alpha value is -1.68. The number of benzene rings is 1. The van der Waals surface area contributed by atoms with Crippen molar-refractivity contribution in [2.75, 3.05) is 25.5 Å². The van der Waals surface area contributed by atoms with Crippen molar-refractivity contribution in [2.24, 2.45) is 0 Å². The minimum atomic E-state index is 0.136. The summed E-state index contributed by atoms with van der Waals surface area (Å²) in [6, 6.07) is 5.61. The quantitative estimate of drug-likeness (QED) is 0.817. The Morgan fingerprint density at radius 3 is 2.89 bits per heavy atom. The molecular formula is C14H18N2O2. The van der Waals surface area contributed by atoms with Crippen molar-refractivity contribution in [3.05, 3.63) is 29.3 Å². The number of hydrogen-bond acceptors (Lipinski definition) is 3. The molecule has 1 aliphatic rings. The Labute approximate surface area is 107 Å². The second-order valence-electron chi connectivity index (χ2n) is 4.57.